The number of aromatic nitrogens is 1. The van der Waals surface area contributed by atoms with Crippen LogP contribution in [0.4, 0.5) is 0 Å². The molecule has 1 aliphatic heterocycles. The molecule has 0 amide bonds. The van der Waals surface area contributed by atoms with Gasteiger partial charge < -0.3 is 14.7 Å². The van der Waals surface area contributed by atoms with E-state index in [9.17, 15) is 4.79 Å². The Labute approximate surface area is 110 Å². The number of hydrogen-bond acceptors (Lipinski definition) is 4. The van der Waals surface area contributed by atoms with Gasteiger partial charge in [-0.2, -0.15) is 0 Å². The van der Waals surface area contributed by atoms with Gasteiger partial charge in [-0.15, -0.1) is 0 Å². The predicted molar refractivity (Wildman–Crippen MR) is 67.4 cm³/mol. The zero-order valence-corrected chi connectivity index (χ0v) is 10.9. The van der Waals surface area contributed by atoms with Crippen molar-refractivity contribution in [2.75, 3.05) is 20.1 Å². The zero-order chi connectivity index (χ0) is 13.1. The summed E-state index contributed by atoms with van der Waals surface area (Å²) in [5, 5.41) is 9.03. The van der Waals surface area contributed by atoms with Gasteiger partial charge >= 0.3 is 5.97 Å². The van der Waals surface area contributed by atoms with E-state index in [1.54, 1.807) is 0 Å². The standard InChI is InChI=1S/C12H15ClN2O3/c1-15-6-3-8(4-7-15)18-11-10(13)9(12(16)17)2-5-14-11/h2,5,8H,3-4,6-7H2,1H3,(H,16,17). The third kappa shape index (κ3) is 2.91. The Bertz CT molecular complexity index is 445. The average Bonchev–Trinajstić information content (AvgIpc) is 2.34. The van der Waals surface area contributed by atoms with Crippen molar-refractivity contribution in [1.29, 1.82) is 0 Å². The molecule has 0 unspecified atom stereocenters. The first-order valence-corrected chi connectivity index (χ1v) is 6.18. The molecule has 2 heterocycles. The van der Waals surface area contributed by atoms with Crippen LogP contribution in [0, 0.1) is 0 Å². The van der Waals surface area contributed by atoms with Crippen molar-refractivity contribution in [3.63, 3.8) is 0 Å². The minimum atomic E-state index is -1.07. The molecule has 5 nitrogen and oxygen atoms in total. The van der Waals surface area contributed by atoms with Crippen LogP contribution in [0.3, 0.4) is 0 Å². The summed E-state index contributed by atoms with van der Waals surface area (Å²) in [5.41, 5.74) is 0.0228. The summed E-state index contributed by atoms with van der Waals surface area (Å²) < 4.78 is 5.69. The van der Waals surface area contributed by atoms with Crippen LogP contribution in [0.1, 0.15) is 23.2 Å². The fourth-order valence-electron chi connectivity index (χ4n) is 1.93. The van der Waals surface area contributed by atoms with Crippen LogP contribution in [0.5, 0.6) is 5.88 Å². The minimum Gasteiger partial charge on any atom is -0.478 e. The highest BCUT2D eigenvalue weighted by Crippen LogP contribution is 2.28. The highest BCUT2D eigenvalue weighted by molar-refractivity contribution is 6.34. The van der Waals surface area contributed by atoms with Gasteiger partial charge in [-0.25, -0.2) is 9.78 Å². The summed E-state index contributed by atoms with van der Waals surface area (Å²) in [6.45, 7) is 1.92. The molecule has 2 rings (SSSR count). The fourth-order valence-corrected chi connectivity index (χ4v) is 2.17. The number of aromatic carboxylic acids is 1. The molecule has 1 N–H and O–H groups in total. The Balaban J connectivity index is 2.10. The number of hydrogen-bond donors (Lipinski definition) is 1. The van der Waals surface area contributed by atoms with E-state index in [1.165, 1.54) is 12.3 Å². The summed E-state index contributed by atoms with van der Waals surface area (Å²) in [6, 6.07) is 1.37. The smallest absolute Gasteiger partial charge is 0.337 e. The summed E-state index contributed by atoms with van der Waals surface area (Å²) in [7, 11) is 2.06. The first-order chi connectivity index (χ1) is 8.58. The lowest BCUT2D eigenvalue weighted by atomic mass is 10.1. The van der Waals surface area contributed by atoms with E-state index in [4.69, 9.17) is 21.4 Å². The Hall–Kier alpha value is -1.33. The molecular formula is C12H15ClN2O3. The summed E-state index contributed by atoms with van der Waals surface area (Å²) in [5.74, 6) is -0.859. The average molecular weight is 271 g/mol. The molecule has 0 spiro atoms. The Morgan fingerprint density at radius 3 is 2.83 bits per heavy atom. The first-order valence-electron chi connectivity index (χ1n) is 5.81. The van der Waals surface area contributed by atoms with Gasteiger partial charge in [0.2, 0.25) is 5.88 Å². The van der Waals surface area contributed by atoms with Crippen molar-refractivity contribution < 1.29 is 14.6 Å². The second kappa shape index (κ2) is 5.54. The molecule has 6 heteroatoms. The molecule has 0 aliphatic carbocycles. The van der Waals surface area contributed by atoms with E-state index in [0.717, 1.165) is 25.9 Å². The van der Waals surface area contributed by atoms with E-state index in [2.05, 4.69) is 16.9 Å². The third-order valence-corrected chi connectivity index (χ3v) is 3.40. The van der Waals surface area contributed by atoms with Crippen LogP contribution in [0.15, 0.2) is 12.3 Å². The van der Waals surface area contributed by atoms with Crippen molar-refractivity contribution in [2.24, 2.45) is 0 Å². The highest BCUT2D eigenvalue weighted by atomic mass is 35.5. The van der Waals surface area contributed by atoms with E-state index in [-0.39, 0.29) is 22.6 Å². The molecule has 0 bridgehead atoms. The van der Waals surface area contributed by atoms with Crippen LogP contribution >= 0.6 is 11.6 Å². The lowest BCUT2D eigenvalue weighted by Gasteiger charge is -2.29. The van der Waals surface area contributed by atoms with E-state index < -0.39 is 5.97 Å². The maximum atomic E-state index is 10.9. The fraction of sp³-hybridized carbons (Fsp3) is 0.500. The number of carbonyl (C=O) groups is 1. The molecule has 18 heavy (non-hydrogen) atoms. The van der Waals surface area contributed by atoms with Crippen LogP contribution in [0.25, 0.3) is 0 Å². The molecule has 0 saturated carbocycles. The van der Waals surface area contributed by atoms with Crippen molar-refractivity contribution in [3.05, 3.63) is 22.8 Å². The summed E-state index contributed by atoms with van der Waals surface area (Å²) >= 11 is 5.97. The number of ether oxygens (including phenoxy) is 1. The molecule has 98 valence electrons. The second-order valence-electron chi connectivity index (χ2n) is 4.40. The SMILES string of the molecule is CN1CCC(Oc2nccc(C(=O)O)c2Cl)CC1. The van der Waals surface area contributed by atoms with Gasteiger partial charge in [0.25, 0.3) is 0 Å². The second-order valence-corrected chi connectivity index (χ2v) is 4.78. The quantitative estimate of drug-likeness (QED) is 0.909. The Morgan fingerprint density at radius 2 is 2.22 bits per heavy atom. The van der Waals surface area contributed by atoms with E-state index in [0.29, 0.717) is 0 Å². The lowest BCUT2D eigenvalue weighted by molar-refractivity contribution is 0.0694. The van der Waals surface area contributed by atoms with Crippen LogP contribution in [-0.2, 0) is 0 Å². The molecule has 1 aromatic rings. The van der Waals surface area contributed by atoms with Crippen LogP contribution in [-0.4, -0.2) is 47.2 Å². The van der Waals surface area contributed by atoms with E-state index >= 15 is 0 Å². The Morgan fingerprint density at radius 1 is 1.56 bits per heavy atom. The topological polar surface area (TPSA) is 62.7 Å². The molecular weight excluding hydrogens is 256 g/mol. The molecule has 1 fully saturated rings. The number of carboxylic acids is 1. The number of rotatable bonds is 3. The molecule has 1 saturated heterocycles. The normalized spacial score (nSPS) is 17.7. The lowest BCUT2D eigenvalue weighted by Crippen LogP contribution is -2.35. The van der Waals surface area contributed by atoms with Gasteiger partial charge in [-0.05, 0) is 26.0 Å². The van der Waals surface area contributed by atoms with E-state index in [1.807, 2.05) is 0 Å². The number of carboxylic acid groups (broad SMARTS) is 1. The number of nitrogens with zero attached hydrogens (tertiary/aromatic N) is 2. The predicted octanol–water partition coefficient (Wildman–Crippen LogP) is 1.91. The maximum absolute atomic E-state index is 10.9. The molecule has 1 aromatic heterocycles. The number of pyridine rings is 1. The van der Waals surface area contributed by atoms with Gasteiger partial charge in [-0.3, -0.25) is 0 Å². The summed E-state index contributed by atoms with van der Waals surface area (Å²) in [4.78, 5) is 17.2. The Kier molecular flexibility index (Phi) is 4.04. The van der Waals surface area contributed by atoms with Crippen molar-refractivity contribution in [1.82, 2.24) is 9.88 Å². The first kappa shape index (κ1) is 13.1. The van der Waals surface area contributed by atoms with Crippen molar-refractivity contribution >= 4 is 17.6 Å². The van der Waals surface area contributed by atoms with Crippen LogP contribution < -0.4 is 4.74 Å². The molecule has 1 aliphatic rings. The number of piperidine rings is 1. The summed E-state index contributed by atoms with van der Waals surface area (Å²) in [6.07, 6.45) is 3.24. The van der Waals surface area contributed by atoms with Gasteiger partial charge in [0.05, 0.1) is 5.56 Å². The monoisotopic (exact) mass is 270 g/mol. The maximum Gasteiger partial charge on any atom is 0.337 e. The van der Waals surface area contributed by atoms with Gasteiger partial charge in [-0.1, -0.05) is 11.6 Å². The van der Waals surface area contributed by atoms with Crippen molar-refractivity contribution in [2.45, 2.75) is 18.9 Å². The van der Waals surface area contributed by atoms with Crippen molar-refractivity contribution in [3.8, 4) is 5.88 Å². The van der Waals surface area contributed by atoms with Gasteiger partial charge in [0, 0.05) is 19.3 Å². The number of halogens is 1. The van der Waals surface area contributed by atoms with Crippen LogP contribution in [0.2, 0.25) is 5.02 Å². The number of likely N-dealkylation sites (tertiary alicyclic amines) is 1. The van der Waals surface area contributed by atoms with Gasteiger partial charge in [0.15, 0.2) is 0 Å². The van der Waals surface area contributed by atoms with Gasteiger partial charge in [0.1, 0.15) is 11.1 Å². The molecule has 0 radical (unpaired) electrons. The molecule has 0 atom stereocenters. The largest absolute Gasteiger partial charge is 0.478 e. The zero-order valence-electron chi connectivity index (χ0n) is 10.1. The highest BCUT2D eigenvalue weighted by Gasteiger charge is 2.21. The third-order valence-electron chi connectivity index (χ3n) is 3.03. The minimum absolute atomic E-state index is 0.0228. The molecule has 0 aromatic carbocycles.